The first-order chi connectivity index (χ1) is 9.22. The Morgan fingerprint density at radius 3 is 2.37 bits per heavy atom. The molecule has 0 aromatic heterocycles. The van der Waals surface area contributed by atoms with Crippen molar-refractivity contribution in [2.75, 3.05) is 6.61 Å². The number of aliphatic hydroxyl groups excluding tert-OH is 1. The molecule has 0 bridgehead atoms. The van der Waals surface area contributed by atoms with E-state index in [4.69, 9.17) is 5.11 Å². The number of rotatable bonds is 4. The van der Waals surface area contributed by atoms with Crippen molar-refractivity contribution in [3.63, 3.8) is 0 Å². The molecule has 19 heavy (non-hydrogen) atoms. The maximum absolute atomic E-state index is 11.3. The molecule has 0 aliphatic rings. The second-order valence-corrected chi connectivity index (χ2v) is 4.36. The molecule has 2 aromatic carbocycles. The average Bonchev–Trinajstić information content (AvgIpc) is 2.48. The van der Waals surface area contributed by atoms with Gasteiger partial charge in [0.1, 0.15) is 6.61 Å². The molecular formula is C17H16O2. The molecule has 0 atom stereocenters. The summed E-state index contributed by atoms with van der Waals surface area (Å²) in [5.41, 5.74) is 4.07. The predicted molar refractivity (Wildman–Crippen MR) is 77.6 cm³/mol. The number of carbonyl (C=O) groups is 1. The van der Waals surface area contributed by atoms with E-state index in [1.807, 2.05) is 61.5 Å². The fourth-order valence-electron chi connectivity index (χ4n) is 2.06. The first-order valence-corrected chi connectivity index (χ1v) is 6.19. The molecule has 2 rings (SSSR count). The highest BCUT2D eigenvalue weighted by atomic mass is 16.3. The van der Waals surface area contributed by atoms with E-state index in [1.165, 1.54) is 6.08 Å². The van der Waals surface area contributed by atoms with Crippen LogP contribution < -0.4 is 0 Å². The van der Waals surface area contributed by atoms with Crippen LogP contribution in [0.3, 0.4) is 0 Å². The summed E-state index contributed by atoms with van der Waals surface area (Å²) in [6.07, 6.45) is 1.49. The first-order valence-electron chi connectivity index (χ1n) is 6.19. The van der Waals surface area contributed by atoms with Crippen LogP contribution in [0.4, 0.5) is 0 Å². The van der Waals surface area contributed by atoms with Gasteiger partial charge in [-0.1, -0.05) is 54.6 Å². The Bertz CT molecular complexity index is 598. The minimum absolute atomic E-state index is 0.277. The highest BCUT2D eigenvalue weighted by Crippen LogP contribution is 2.28. The topological polar surface area (TPSA) is 37.3 Å². The predicted octanol–water partition coefficient (Wildman–Crippen LogP) is 3.32. The number of hydrogen-bond donors (Lipinski definition) is 1. The SMILES string of the molecule is CC(=CC(=O)CO)c1ccccc1-c1ccccc1. The van der Waals surface area contributed by atoms with Crippen LogP contribution in [0.2, 0.25) is 0 Å². The van der Waals surface area contributed by atoms with E-state index in [1.54, 1.807) is 0 Å². The molecule has 1 N–H and O–H groups in total. The van der Waals surface area contributed by atoms with E-state index >= 15 is 0 Å². The lowest BCUT2D eigenvalue weighted by atomic mass is 9.95. The van der Waals surface area contributed by atoms with Gasteiger partial charge >= 0.3 is 0 Å². The van der Waals surface area contributed by atoms with Crippen molar-refractivity contribution in [2.45, 2.75) is 6.92 Å². The van der Waals surface area contributed by atoms with Gasteiger partial charge in [-0.05, 0) is 35.3 Å². The maximum Gasteiger partial charge on any atom is 0.181 e. The van der Waals surface area contributed by atoms with Gasteiger partial charge in [0.2, 0.25) is 0 Å². The summed E-state index contributed by atoms with van der Waals surface area (Å²) in [5.74, 6) is -0.277. The van der Waals surface area contributed by atoms with Gasteiger partial charge in [-0.15, -0.1) is 0 Å². The summed E-state index contributed by atoms with van der Waals surface area (Å²) in [5, 5.41) is 8.82. The second kappa shape index (κ2) is 6.12. The van der Waals surface area contributed by atoms with E-state index in [2.05, 4.69) is 0 Å². The second-order valence-electron chi connectivity index (χ2n) is 4.36. The maximum atomic E-state index is 11.3. The summed E-state index contributed by atoms with van der Waals surface area (Å²) < 4.78 is 0. The Labute approximate surface area is 113 Å². The first kappa shape index (κ1) is 13.2. The largest absolute Gasteiger partial charge is 0.388 e. The van der Waals surface area contributed by atoms with E-state index in [0.29, 0.717) is 0 Å². The Morgan fingerprint density at radius 2 is 1.68 bits per heavy atom. The number of aliphatic hydroxyl groups is 1. The minimum atomic E-state index is -0.454. The van der Waals surface area contributed by atoms with Crippen LogP contribution in [0.15, 0.2) is 60.7 Å². The quantitative estimate of drug-likeness (QED) is 0.847. The molecular weight excluding hydrogens is 236 g/mol. The van der Waals surface area contributed by atoms with Gasteiger partial charge in [0.15, 0.2) is 5.78 Å². The van der Waals surface area contributed by atoms with Crippen LogP contribution in [0.5, 0.6) is 0 Å². The Balaban J connectivity index is 2.48. The number of ketones is 1. The monoisotopic (exact) mass is 252 g/mol. The van der Waals surface area contributed by atoms with Gasteiger partial charge < -0.3 is 5.11 Å². The lowest BCUT2D eigenvalue weighted by Gasteiger charge is -2.10. The molecule has 2 aromatic rings. The minimum Gasteiger partial charge on any atom is -0.388 e. The van der Waals surface area contributed by atoms with Crippen LogP contribution in [0.1, 0.15) is 12.5 Å². The van der Waals surface area contributed by atoms with Crippen LogP contribution in [0, 0.1) is 0 Å². The zero-order valence-electron chi connectivity index (χ0n) is 10.8. The number of allylic oxidation sites excluding steroid dienone is 1. The Kier molecular flexibility index (Phi) is 4.26. The van der Waals surface area contributed by atoms with Crippen molar-refractivity contribution in [1.29, 1.82) is 0 Å². The molecule has 0 radical (unpaired) electrons. The third kappa shape index (κ3) is 3.18. The van der Waals surface area contributed by atoms with E-state index < -0.39 is 6.61 Å². The standard InChI is InChI=1S/C17H16O2/c1-13(11-15(19)12-18)16-9-5-6-10-17(16)14-7-3-2-4-8-14/h2-11,18H,12H2,1H3. The normalized spacial score (nSPS) is 11.4. The number of hydrogen-bond acceptors (Lipinski definition) is 2. The van der Waals surface area contributed by atoms with Crippen molar-refractivity contribution < 1.29 is 9.90 Å². The number of carbonyl (C=O) groups excluding carboxylic acids is 1. The molecule has 0 amide bonds. The summed E-state index contributed by atoms with van der Waals surface area (Å²) in [7, 11) is 0. The molecule has 0 spiro atoms. The summed E-state index contributed by atoms with van der Waals surface area (Å²) in [6.45, 7) is 1.43. The van der Waals surface area contributed by atoms with E-state index in [-0.39, 0.29) is 5.78 Å². The molecule has 0 unspecified atom stereocenters. The van der Waals surface area contributed by atoms with Crippen LogP contribution in [-0.4, -0.2) is 17.5 Å². The molecule has 0 fully saturated rings. The fraction of sp³-hybridized carbons (Fsp3) is 0.118. The molecule has 0 aliphatic carbocycles. The van der Waals surface area contributed by atoms with Crippen LogP contribution in [-0.2, 0) is 4.79 Å². The Morgan fingerprint density at radius 1 is 1.05 bits per heavy atom. The average molecular weight is 252 g/mol. The van der Waals surface area contributed by atoms with Gasteiger partial charge in [-0.25, -0.2) is 0 Å². The zero-order chi connectivity index (χ0) is 13.7. The van der Waals surface area contributed by atoms with E-state index in [9.17, 15) is 4.79 Å². The summed E-state index contributed by atoms with van der Waals surface area (Å²) in [6, 6.07) is 18.0. The smallest absolute Gasteiger partial charge is 0.181 e. The van der Waals surface area contributed by atoms with Crippen LogP contribution >= 0.6 is 0 Å². The van der Waals surface area contributed by atoms with Crippen LogP contribution in [0.25, 0.3) is 16.7 Å². The lowest BCUT2D eigenvalue weighted by Crippen LogP contribution is -1.99. The van der Waals surface area contributed by atoms with Gasteiger partial charge in [-0.3, -0.25) is 4.79 Å². The van der Waals surface area contributed by atoms with Gasteiger partial charge in [0.25, 0.3) is 0 Å². The van der Waals surface area contributed by atoms with Crippen molar-refractivity contribution in [3.05, 3.63) is 66.2 Å². The molecule has 2 heteroatoms. The number of benzene rings is 2. The van der Waals surface area contributed by atoms with Crippen molar-refractivity contribution in [3.8, 4) is 11.1 Å². The van der Waals surface area contributed by atoms with Gasteiger partial charge in [0, 0.05) is 0 Å². The fourth-order valence-corrected chi connectivity index (χ4v) is 2.06. The van der Waals surface area contributed by atoms with Gasteiger partial charge in [0.05, 0.1) is 0 Å². The van der Waals surface area contributed by atoms with Crippen molar-refractivity contribution in [2.24, 2.45) is 0 Å². The van der Waals surface area contributed by atoms with E-state index in [0.717, 1.165) is 22.3 Å². The molecule has 0 aliphatic heterocycles. The van der Waals surface area contributed by atoms with Crippen molar-refractivity contribution in [1.82, 2.24) is 0 Å². The molecule has 0 heterocycles. The Hall–Kier alpha value is -2.19. The third-order valence-electron chi connectivity index (χ3n) is 2.97. The highest BCUT2D eigenvalue weighted by molar-refractivity contribution is 5.98. The molecule has 96 valence electrons. The summed E-state index contributed by atoms with van der Waals surface area (Å²) in [4.78, 5) is 11.3. The lowest BCUT2D eigenvalue weighted by molar-refractivity contribution is -0.117. The van der Waals surface area contributed by atoms with Gasteiger partial charge in [-0.2, -0.15) is 0 Å². The molecule has 2 nitrogen and oxygen atoms in total. The molecule has 0 saturated heterocycles. The third-order valence-corrected chi connectivity index (χ3v) is 2.97. The van der Waals surface area contributed by atoms with Crippen molar-refractivity contribution >= 4 is 11.4 Å². The molecule has 0 saturated carbocycles. The highest BCUT2D eigenvalue weighted by Gasteiger charge is 2.06. The zero-order valence-corrected chi connectivity index (χ0v) is 10.8. The summed E-state index contributed by atoms with van der Waals surface area (Å²) >= 11 is 0.